The third-order valence-electron chi connectivity index (χ3n) is 5.15. The Hall–Kier alpha value is -4.32. The van der Waals surface area contributed by atoms with Crippen LogP contribution in [-0.4, -0.2) is 18.0 Å². The number of fused-ring (bicyclic) bond motifs is 2. The molecule has 158 valence electrons. The molecule has 6 heteroatoms. The highest BCUT2D eigenvalue weighted by Gasteiger charge is 2.13. The van der Waals surface area contributed by atoms with Crippen LogP contribution in [0.2, 0.25) is 0 Å². The number of furan rings is 1. The maximum Gasteiger partial charge on any atom is 0.291 e. The Morgan fingerprint density at radius 1 is 0.969 bits per heavy atom. The van der Waals surface area contributed by atoms with Gasteiger partial charge < -0.3 is 19.2 Å². The lowest BCUT2D eigenvalue weighted by atomic mass is 10.1. The SMILES string of the molecule is COc1ccc2cc(NC(=O)c3ccc(COc4cccc5ccccc45)o3)cnc2c1. The Balaban J connectivity index is 1.27. The second-order valence-electron chi connectivity index (χ2n) is 7.27. The van der Waals surface area contributed by atoms with Gasteiger partial charge in [-0.25, -0.2) is 0 Å². The predicted molar refractivity (Wildman–Crippen MR) is 123 cm³/mol. The van der Waals surface area contributed by atoms with Crippen molar-refractivity contribution in [3.05, 3.63) is 96.6 Å². The molecule has 2 heterocycles. The van der Waals surface area contributed by atoms with E-state index in [0.717, 1.165) is 33.2 Å². The molecule has 6 nitrogen and oxygen atoms in total. The van der Waals surface area contributed by atoms with E-state index in [1.54, 1.807) is 25.4 Å². The number of carbonyl (C=O) groups is 1. The lowest BCUT2D eigenvalue weighted by Crippen LogP contribution is -2.11. The molecule has 0 aliphatic carbocycles. The summed E-state index contributed by atoms with van der Waals surface area (Å²) in [5.41, 5.74) is 1.37. The van der Waals surface area contributed by atoms with Gasteiger partial charge in [0.15, 0.2) is 5.76 Å². The first kappa shape index (κ1) is 19.6. The molecule has 5 aromatic rings. The number of nitrogens with zero attached hydrogens (tertiary/aromatic N) is 1. The van der Waals surface area contributed by atoms with Gasteiger partial charge in [-0.2, -0.15) is 0 Å². The van der Waals surface area contributed by atoms with Crippen molar-refractivity contribution >= 4 is 33.3 Å². The average Bonchev–Trinajstić information content (AvgIpc) is 3.31. The van der Waals surface area contributed by atoms with Crippen molar-refractivity contribution in [1.82, 2.24) is 4.98 Å². The van der Waals surface area contributed by atoms with Crippen molar-refractivity contribution in [3.8, 4) is 11.5 Å². The fourth-order valence-corrected chi connectivity index (χ4v) is 3.54. The average molecular weight is 424 g/mol. The summed E-state index contributed by atoms with van der Waals surface area (Å²) in [7, 11) is 1.61. The lowest BCUT2D eigenvalue weighted by Gasteiger charge is -2.08. The standard InChI is InChI=1S/C26H20N2O4/c1-30-20-10-9-18-13-19(15-27-23(18)14-20)28-26(29)25-12-11-21(32-25)16-31-24-8-4-6-17-5-2-3-7-22(17)24/h2-15H,16H2,1H3,(H,28,29). The zero-order valence-corrected chi connectivity index (χ0v) is 17.4. The summed E-state index contributed by atoms with van der Waals surface area (Å²) in [4.78, 5) is 17.0. The van der Waals surface area contributed by atoms with Crippen LogP contribution in [0.25, 0.3) is 21.7 Å². The fraction of sp³-hybridized carbons (Fsp3) is 0.0769. The van der Waals surface area contributed by atoms with E-state index >= 15 is 0 Å². The fourth-order valence-electron chi connectivity index (χ4n) is 3.54. The second-order valence-corrected chi connectivity index (χ2v) is 7.27. The molecule has 5 rings (SSSR count). The van der Waals surface area contributed by atoms with E-state index in [9.17, 15) is 4.79 Å². The molecule has 0 spiro atoms. The van der Waals surface area contributed by atoms with E-state index in [-0.39, 0.29) is 18.3 Å². The quantitative estimate of drug-likeness (QED) is 0.372. The molecule has 1 amide bonds. The lowest BCUT2D eigenvalue weighted by molar-refractivity contribution is 0.0992. The van der Waals surface area contributed by atoms with Gasteiger partial charge in [0, 0.05) is 16.8 Å². The molecule has 0 aliphatic heterocycles. The highest BCUT2D eigenvalue weighted by Crippen LogP contribution is 2.26. The molecule has 32 heavy (non-hydrogen) atoms. The van der Waals surface area contributed by atoms with Crippen LogP contribution in [-0.2, 0) is 6.61 Å². The number of benzene rings is 3. The molecule has 0 radical (unpaired) electrons. The smallest absolute Gasteiger partial charge is 0.291 e. The van der Waals surface area contributed by atoms with E-state index < -0.39 is 0 Å². The minimum Gasteiger partial charge on any atom is -0.497 e. The van der Waals surface area contributed by atoms with E-state index in [1.807, 2.05) is 66.7 Å². The normalized spacial score (nSPS) is 10.9. The minimum atomic E-state index is -0.351. The van der Waals surface area contributed by atoms with Crippen molar-refractivity contribution in [1.29, 1.82) is 0 Å². The monoisotopic (exact) mass is 424 g/mol. The number of hydrogen-bond donors (Lipinski definition) is 1. The Morgan fingerprint density at radius 3 is 2.75 bits per heavy atom. The number of aromatic nitrogens is 1. The first-order valence-electron chi connectivity index (χ1n) is 10.1. The summed E-state index contributed by atoms with van der Waals surface area (Å²) < 4.78 is 16.8. The maximum atomic E-state index is 12.6. The van der Waals surface area contributed by atoms with Crippen LogP contribution in [0.4, 0.5) is 5.69 Å². The predicted octanol–water partition coefficient (Wildman–Crippen LogP) is 5.82. The maximum absolute atomic E-state index is 12.6. The number of rotatable bonds is 6. The van der Waals surface area contributed by atoms with Crippen molar-refractivity contribution in [2.24, 2.45) is 0 Å². The molecular formula is C26H20N2O4. The highest BCUT2D eigenvalue weighted by atomic mass is 16.5. The van der Waals surface area contributed by atoms with E-state index in [4.69, 9.17) is 13.9 Å². The van der Waals surface area contributed by atoms with Gasteiger partial charge in [-0.15, -0.1) is 0 Å². The molecular weight excluding hydrogens is 404 g/mol. The summed E-state index contributed by atoms with van der Waals surface area (Å²) >= 11 is 0. The van der Waals surface area contributed by atoms with Crippen molar-refractivity contribution < 1.29 is 18.7 Å². The first-order valence-corrected chi connectivity index (χ1v) is 10.1. The number of amides is 1. The summed E-state index contributed by atoms with van der Waals surface area (Å²) in [6.07, 6.45) is 1.60. The van der Waals surface area contributed by atoms with Crippen LogP contribution in [0.15, 0.2) is 89.5 Å². The molecule has 0 saturated carbocycles. The van der Waals surface area contributed by atoms with Crippen LogP contribution in [0, 0.1) is 0 Å². The second kappa shape index (κ2) is 8.43. The number of anilines is 1. The largest absolute Gasteiger partial charge is 0.497 e. The number of carbonyl (C=O) groups excluding carboxylic acids is 1. The summed E-state index contributed by atoms with van der Waals surface area (Å²) in [6.45, 7) is 0.223. The highest BCUT2D eigenvalue weighted by molar-refractivity contribution is 6.03. The molecule has 0 unspecified atom stereocenters. The number of hydrogen-bond acceptors (Lipinski definition) is 5. The molecule has 0 aliphatic rings. The molecule has 3 aromatic carbocycles. The number of methoxy groups -OCH3 is 1. The summed E-state index contributed by atoms with van der Waals surface area (Å²) in [5.74, 6) is 1.92. The molecule has 0 bridgehead atoms. The van der Waals surface area contributed by atoms with Gasteiger partial charge in [-0.3, -0.25) is 9.78 Å². The van der Waals surface area contributed by atoms with Gasteiger partial charge >= 0.3 is 0 Å². The first-order chi connectivity index (χ1) is 15.7. The minimum absolute atomic E-state index is 0.205. The zero-order valence-electron chi connectivity index (χ0n) is 17.4. The Morgan fingerprint density at radius 2 is 1.84 bits per heavy atom. The molecule has 0 fully saturated rings. The Kier molecular flexibility index (Phi) is 5.17. The van der Waals surface area contributed by atoms with Crippen molar-refractivity contribution in [2.75, 3.05) is 12.4 Å². The number of nitrogens with one attached hydrogen (secondary N) is 1. The summed E-state index contributed by atoms with van der Waals surface area (Å²) in [6, 6.07) is 24.7. The van der Waals surface area contributed by atoms with E-state index in [2.05, 4.69) is 10.3 Å². The van der Waals surface area contributed by atoms with Gasteiger partial charge in [0.25, 0.3) is 5.91 Å². The van der Waals surface area contributed by atoms with Gasteiger partial charge in [0.1, 0.15) is 23.9 Å². The number of pyridine rings is 1. The van der Waals surface area contributed by atoms with Gasteiger partial charge in [0.05, 0.1) is 24.5 Å². The molecule has 1 N–H and O–H groups in total. The molecule has 0 saturated heterocycles. The van der Waals surface area contributed by atoms with Crippen LogP contribution in [0.1, 0.15) is 16.3 Å². The van der Waals surface area contributed by atoms with Gasteiger partial charge in [-0.05, 0) is 41.8 Å². The van der Waals surface area contributed by atoms with Crippen LogP contribution >= 0.6 is 0 Å². The van der Waals surface area contributed by atoms with Crippen molar-refractivity contribution in [3.63, 3.8) is 0 Å². The third kappa shape index (κ3) is 3.98. The summed E-state index contributed by atoms with van der Waals surface area (Å²) in [5, 5.41) is 5.85. The van der Waals surface area contributed by atoms with Crippen LogP contribution in [0.5, 0.6) is 11.5 Å². The van der Waals surface area contributed by atoms with Crippen molar-refractivity contribution in [2.45, 2.75) is 6.61 Å². The van der Waals surface area contributed by atoms with E-state index in [1.165, 1.54) is 0 Å². The molecule has 0 atom stereocenters. The third-order valence-corrected chi connectivity index (χ3v) is 5.15. The Bertz CT molecular complexity index is 1420. The topological polar surface area (TPSA) is 73.6 Å². The van der Waals surface area contributed by atoms with E-state index in [0.29, 0.717) is 11.4 Å². The van der Waals surface area contributed by atoms with Crippen LogP contribution in [0.3, 0.4) is 0 Å². The Labute approximate surface area is 184 Å². The van der Waals surface area contributed by atoms with Gasteiger partial charge in [0.2, 0.25) is 0 Å². The van der Waals surface area contributed by atoms with Gasteiger partial charge in [-0.1, -0.05) is 36.4 Å². The number of ether oxygens (including phenoxy) is 2. The molecule has 2 aromatic heterocycles. The zero-order chi connectivity index (χ0) is 21.9. The van der Waals surface area contributed by atoms with Crippen LogP contribution < -0.4 is 14.8 Å².